The van der Waals surface area contributed by atoms with Gasteiger partial charge in [-0.3, -0.25) is 4.79 Å². The van der Waals surface area contributed by atoms with Crippen molar-refractivity contribution in [3.8, 4) is 0 Å². The first kappa shape index (κ1) is 19.1. The minimum atomic E-state index is -5.01. The van der Waals surface area contributed by atoms with Gasteiger partial charge in [0.15, 0.2) is 0 Å². The zero-order chi connectivity index (χ0) is 20.0. The number of carbonyl (C=O) groups is 1. The molecule has 1 aliphatic rings. The first-order valence-electron chi connectivity index (χ1n) is 7.97. The van der Waals surface area contributed by atoms with Crippen LogP contribution in [0.3, 0.4) is 0 Å². The maximum atomic E-state index is 13.0. The highest BCUT2D eigenvalue weighted by Gasteiger charge is 2.38. The molecule has 0 aromatic heterocycles. The highest BCUT2D eigenvalue weighted by molar-refractivity contribution is 6.07. The fourth-order valence-electron chi connectivity index (χ4n) is 3.10. The van der Waals surface area contributed by atoms with Crippen molar-refractivity contribution in [1.29, 1.82) is 0 Å². The molecule has 0 unspecified atom stereocenters. The van der Waals surface area contributed by atoms with Crippen molar-refractivity contribution in [2.45, 2.75) is 25.2 Å². The Morgan fingerprint density at radius 2 is 1.56 bits per heavy atom. The molecule has 2 N–H and O–H groups in total. The van der Waals surface area contributed by atoms with Crippen molar-refractivity contribution in [2.75, 3.05) is 17.2 Å². The van der Waals surface area contributed by atoms with E-state index >= 15 is 0 Å². The number of fused-ring (bicyclic) bond motifs is 1. The molecule has 0 fully saturated rings. The van der Waals surface area contributed by atoms with Gasteiger partial charge < -0.3 is 10.6 Å². The van der Waals surface area contributed by atoms with Crippen molar-refractivity contribution < 1.29 is 31.1 Å². The molecule has 0 saturated heterocycles. The number of halogens is 6. The van der Waals surface area contributed by atoms with Gasteiger partial charge in [-0.15, -0.1) is 0 Å². The molecule has 0 atom stereocenters. The van der Waals surface area contributed by atoms with E-state index in [9.17, 15) is 31.1 Å². The van der Waals surface area contributed by atoms with E-state index in [1.807, 2.05) is 0 Å². The fourth-order valence-corrected chi connectivity index (χ4v) is 3.10. The first-order chi connectivity index (χ1) is 12.5. The maximum absolute atomic E-state index is 13.0. The van der Waals surface area contributed by atoms with E-state index in [2.05, 4.69) is 0 Å². The van der Waals surface area contributed by atoms with E-state index in [-0.39, 0.29) is 12.6 Å². The number of alkyl halides is 6. The Balaban J connectivity index is 2.10. The molecule has 0 radical (unpaired) electrons. The van der Waals surface area contributed by atoms with Crippen molar-refractivity contribution in [2.24, 2.45) is 0 Å². The molecule has 1 amide bonds. The summed E-state index contributed by atoms with van der Waals surface area (Å²) in [7, 11) is 0. The van der Waals surface area contributed by atoms with Crippen LogP contribution in [0.1, 0.15) is 33.5 Å². The van der Waals surface area contributed by atoms with Gasteiger partial charge in [0.05, 0.1) is 11.1 Å². The molecule has 0 aliphatic carbocycles. The standard InChI is InChI=1S/C18H14F6N2O/c19-17(20,21)11-7-10(8-12(9-11)18(22,23)24)16(27)26-6-2-3-13-14(25)4-1-5-15(13)26/h1,4-5,7-9H,2-3,6,25H2. The second-order valence-corrected chi connectivity index (χ2v) is 6.20. The number of hydrogen-bond donors (Lipinski definition) is 1. The highest BCUT2D eigenvalue weighted by Crippen LogP contribution is 2.38. The van der Waals surface area contributed by atoms with Gasteiger partial charge in [-0.05, 0) is 48.7 Å². The molecule has 9 heteroatoms. The van der Waals surface area contributed by atoms with Crippen LogP contribution in [0, 0.1) is 0 Å². The summed E-state index contributed by atoms with van der Waals surface area (Å²) < 4.78 is 78.1. The number of anilines is 2. The Labute approximate surface area is 150 Å². The normalized spacial score (nSPS) is 14.8. The van der Waals surface area contributed by atoms with Crippen LogP contribution < -0.4 is 10.6 Å². The number of amides is 1. The molecule has 0 spiro atoms. The Hall–Kier alpha value is -2.71. The van der Waals surface area contributed by atoms with Crippen LogP contribution in [0.4, 0.5) is 37.7 Å². The van der Waals surface area contributed by atoms with Crippen molar-refractivity contribution in [3.05, 3.63) is 58.7 Å². The van der Waals surface area contributed by atoms with E-state index < -0.39 is 35.0 Å². The zero-order valence-electron chi connectivity index (χ0n) is 13.8. The number of nitrogens with two attached hydrogens (primary N) is 1. The molecule has 3 nitrogen and oxygen atoms in total. The molecular formula is C18H14F6N2O. The van der Waals surface area contributed by atoms with Crippen molar-refractivity contribution >= 4 is 17.3 Å². The van der Waals surface area contributed by atoms with Crippen molar-refractivity contribution in [1.82, 2.24) is 0 Å². The predicted octanol–water partition coefficient (Wildman–Crippen LogP) is 4.90. The Kier molecular flexibility index (Phi) is 4.57. The lowest BCUT2D eigenvalue weighted by atomic mass is 9.98. The summed E-state index contributed by atoms with van der Waals surface area (Å²) in [6.45, 7) is 0.173. The van der Waals surface area contributed by atoms with Crippen LogP contribution in [-0.2, 0) is 18.8 Å². The number of hydrogen-bond acceptors (Lipinski definition) is 2. The SMILES string of the molecule is Nc1cccc2c1CCCN2C(=O)c1cc(C(F)(F)F)cc(C(F)(F)F)c1. The first-order valence-corrected chi connectivity index (χ1v) is 7.97. The third kappa shape index (κ3) is 3.72. The van der Waals surface area contributed by atoms with Crippen molar-refractivity contribution in [3.63, 3.8) is 0 Å². The van der Waals surface area contributed by atoms with Gasteiger partial charge in [-0.1, -0.05) is 6.07 Å². The smallest absolute Gasteiger partial charge is 0.398 e. The average Bonchev–Trinajstić information content (AvgIpc) is 2.59. The Morgan fingerprint density at radius 3 is 2.11 bits per heavy atom. The van der Waals surface area contributed by atoms with Gasteiger partial charge in [-0.25, -0.2) is 0 Å². The summed E-state index contributed by atoms with van der Waals surface area (Å²) >= 11 is 0. The van der Waals surface area contributed by atoms with E-state index in [0.717, 1.165) is 0 Å². The molecule has 27 heavy (non-hydrogen) atoms. The van der Waals surface area contributed by atoms with Crippen LogP contribution in [0.25, 0.3) is 0 Å². The molecule has 0 bridgehead atoms. The quantitative estimate of drug-likeness (QED) is 0.558. The molecular weight excluding hydrogens is 374 g/mol. The van der Waals surface area contributed by atoms with Crippen LogP contribution in [0.5, 0.6) is 0 Å². The second-order valence-electron chi connectivity index (χ2n) is 6.20. The van der Waals surface area contributed by atoms with Gasteiger partial charge in [0.25, 0.3) is 5.91 Å². The number of carbonyl (C=O) groups excluding carboxylic acids is 1. The summed E-state index contributed by atoms with van der Waals surface area (Å²) in [6.07, 6.45) is -8.96. The van der Waals surface area contributed by atoms with Gasteiger partial charge >= 0.3 is 12.4 Å². The van der Waals surface area contributed by atoms with E-state index in [1.165, 1.54) is 4.90 Å². The Bertz CT molecular complexity index is 856. The molecule has 2 aromatic carbocycles. The number of rotatable bonds is 1. The average molecular weight is 388 g/mol. The number of nitrogens with zero attached hydrogens (tertiary/aromatic N) is 1. The number of benzene rings is 2. The molecule has 144 valence electrons. The van der Waals surface area contributed by atoms with Gasteiger partial charge in [-0.2, -0.15) is 26.3 Å². The number of nitrogen functional groups attached to an aromatic ring is 1. The van der Waals surface area contributed by atoms with Gasteiger partial charge in [0, 0.05) is 23.5 Å². The molecule has 1 aliphatic heterocycles. The summed E-state index contributed by atoms with van der Waals surface area (Å²) in [5.41, 5.74) is 3.62. The minimum absolute atomic E-state index is 0.00107. The lowest BCUT2D eigenvalue weighted by Crippen LogP contribution is -2.36. The van der Waals surface area contributed by atoms with Crippen LogP contribution in [0.2, 0.25) is 0 Å². The summed E-state index contributed by atoms with van der Waals surface area (Å²) in [5, 5.41) is 0. The third-order valence-corrected chi connectivity index (χ3v) is 4.37. The van der Waals surface area contributed by atoms with E-state index in [4.69, 9.17) is 5.73 Å². The van der Waals surface area contributed by atoms with E-state index in [0.29, 0.717) is 41.9 Å². The lowest BCUT2D eigenvalue weighted by Gasteiger charge is -2.30. The van der Waals surface area contributed by atoms with E-state index in [1.54, 1.807) is 18.2 Å². The topological polar surface area (TPSA) is 46.3 Å². The molecule has 0 saturated carbocycles. The van der Waals surface area contributed by atoms with Crippen LogP contribution >= 0.6 is 0 Å². The summed E-state index contributed by atoms with van der Waals surface area (Å²) in [5.74, 6) is -0.932. The van der Waals surface area contributed by atoms with Gasteiger partial charge in [0.1, 0.15) is 0 Å². The summed E-state index contributed by atoms with van der Waals surface area (Å²) in [6, 6.07) is 5.65. The molecule has 2 aromatic rings. The summed E-state index contributed by atoms with van der Waals surface area (Å²) in [4.78, 5) is 14.0. The molecule has 3 rings (SSSR count). The second kappa shape index (κ2) is 6.47. The van der Waals surface area contributed by atoms with Crippen LogP contribution in [0.15, 0.2) is 36.4 Å². The fraction of sp³-hybridized carbons (Fsp3) is 0.278. The zero-order valence-corrected chi connectivity index (χ0v) is 13.8. The third-order valence-electron chi connectivity index (χ3n) is 4.37. The maximum Gasteiger partial charge on any atom is 0.416 e. The largest absolute Gasteiger partial charge is 0.416 e. The Morgan fingerprint density at radius 1 is 0.963 bits per heavy atom. The highest BCUT2D eigenvalue weighted by atomic mass is 19.4. The molecule has 1 heterocycles. The lowest BCUT2D eigenvalue weighted by molar-refractivity contribution is -0.143. The monoisotopic (exact) mass is 388 g/mol. The predicted molar refractivity (Wildman–Crippen MR) is 87.3 cm³/mol. The minimum Gasteiger partial charge on any atom is -0.398 e. The van der Waals surface area contributed by atoms with Crippen LogP contribution in [-0.4, -0.2) is 12.5 Å². The van der Waals surface area contributed by atoms with Gasteiger partial charge in [0.2, 0.25) is 0 Å².